The summed E-state index contributed by atoms with van der Waals surface area (Å²) in [5, 5.41) is -0.359. The SMILES string of the molecule is COc1cccc(CN2C[C@H]3CCN(C(=O)C4CCC4)CC[C@H]3S2(=O)=O)c1. The summed E-state index contributed by atoms with van der Waals surface area (Å²) in [6.07, 6.45) is 4.46. The molecule has 2 heterocycles. The van der Waals surface area contributed by atoms with Crippen LogP contribution in [0.2, 0.25) is 0 Å². The van der Waals surface area contributed by atoms with Crippen molar-refractivity contribution >= 4 is 15.9 Å². The summed E-state index contributed by atoms with van der Waals surface area (Å²) in [7, 11) is -1.72. The predicted molar refractivity (Wildman–Crippen MR) is 103 cm³/mol. The highest BCUT2D eigenvalue weighted by molar-refractivity contribution is 7.90. The standard InChI is InChI=1S/C20H28N2O4S/c1-26-18-7-2-4-15(12-18)13-22-14-17-8-10-21(20(23)16-5-3-6-16)11-9-19(17)27(22,24)25/h2,4,7,12,16-17,19H,3,5-6,8-11,13-14H2,1H3/t17-,19-/m1/s1. The van der Waals surface area contributed by atoms with Crippen molar-refractivity contribution < 1.29 is 17.9 Å². The van der Waals surface area contributed by atoms with E-state index in [0.717, 1.165) is 37.0 Å². The second-order valence-electron chi connectivity index (χ2n) is 8.02. The summed E-state index contributed by atoms with van der Waals surface area (Å²) in [4.78, 5) is 14.5. The highest BCUT2D eigenvalue weighted by Gasteiger charge is 2.47. The minimum absolute atomic E-state index is 0.111. The molecule has 148 valence electrons. The molecular weight excluding hydrogens is 364 g/mol. The van der Waals surface area contributed by atoms with Crippen molar-refractivity contribution in [2.75, 3.05) is 26.7 Å². The fourth-order valence-corrected chi connectivity index (χ4v) is 6.78. The maximum absolute atomic E-state index is 13.1. The number of benzene rings is 1. The Labute approximate surface area is 161 Å². The van der Waals surface area contributed by atoms with Crippen LogP contribution in [0.25, 0.3) is 0 Å². The molecule has 2 aliphatic heterocycles. The van der Waals surface area contributed by atoms with Gasteiger partial charge in [0.15, 0.2) is 0 Å². The van der Waals surface area contributed by atoms with Crippen molar-refractivity contribution in [2.45, 2.75) is 43.9 Å². The van der Waals surface area contributed by atoms with Gasteiger partial charge in [0, 0.05) is 32.1 Å². The smallest absolute Gasteiger partial charge is 0.225 e. The van der Waals surface area contributed by atoms with Gasteiger partial charge in [-0.05, 0) is 49.3 Å². The molecule has 3 fully saturated rings. The van der Waals surface area contributed by atoms with Gasteiger partial charge in [0.2, 0.25) is 15.9 Å². The van der Waals surface area contributed by atoms with Gasteiger partial charge < -0.3 is 9.64 Å². The van der Waals surface area contributed by atoms with E-state index < -0.39 is 10.0 Å². The van der Waals surface area contributed by atoms with Crippen LogP contribution in [0.1, 0.15) is 37.7 Å². The number of ether oxygens (including phenoxy) is 1. The molecule has 1 aromatic carbocycles. The minimum atomic E-state index is -3.34. The summed E-state index contributed by atoms with van der Waals surface area (Å²) in [6, 6.07) is 7.58. The number of carbonyl (C=O) groups is 1. The van der Waals surface area contributed by atoms with E-state index in [-0.39, 0.29) is 23.0 Å². The molecule has 2 saturated heterocycles. The van der Waals surface area contributed by atoms with Gasteiger partial charge in [0.1, 0.15) is 5.75 Å². The molecule has 0 aromatic heterocycles. The van der Waals surface area contributed by atoms with Gasteiger partial charge in [-0.1, -0.05) is 18.6 Å². The van der Waals surface area contributed by atoms with E-state index in [1.807, 2.05) is 29.2 Å². The number of nitrogens with zero attached hydrogens (tertiary/aromatic N) is 2. The molecule has 27 heavy (non-hydrogen) atoms. The van der Waals surface area contributed by atoms with Crippen LogP contribution in [0, 0.1) is 11.8 Å². The third-order valence-corrected chi connectivity index (χ3v) is 8.80. The molecule has 0 N–H and O–H groups in total. The van der Waals surface area contributed by atoms with Crippen LogP contribution in [0.5, 0.6) is 5.75 Å². The normalized spacial score (nSPS) is 28.3. The van der Waals surface area contributed by atoms with Crippen molar-refractivity contribution in [1.29, 1.82) is 0 Å². The second-order valence-corrected chi connectivity index (χ2v) is 10.2. The van der Waals surface area contributed by atoms with Crippen LogP contribution >= 0.6 is 0 Å². The molecule has 1 aliphatic carbocycles. The van der Waals surface area contributed by atoms with Crippen molar-refractivity contribution in [3.63, 3.8) is 0 Å². The average Bonchev–Trinajstić information content (AvgIpc) is 2.76. The Hall–Kier alpha value is -1.60. The molecule has 1 aromatic rings. The lowest BCUT2D eigenvalue weighted by atomic mass is 9.84. The largest absolute Gasteiger partial charge is 0.497 e. The number of sulfonamides is 1. The molecule has 4 rings (SSSR count). The van der Waals surface area contributed by atoms with E-state index in [0.29, 0.717) is 32.6 Å². The number of rotatable bonds is 4. The molecule has 0 radical (unpaired) electrons. The summed E-state index contributed by atoms with van der Waals surface area (Å²) in [6.45, 7) is 2.20. The zero-order valence-electron chi connectivity index (χ0n) is 15.8. The maximum Gasteiger partial charge on any atom is 0.225 e. The maximum atomic E-state index is 13.1. The minimum Gasteiger partial charge on any atom is -0.497 e. The summed E-state index contributed by atoms with van der Waals surface area (Å²) in [5.74, 6) is 1.28. The highest BCUT2D eigenvalue weighted by atomic mass is 32.2. The first-order valence-corrected chi connectivity index (χ1v) is 11.4. The topological polar surface area (TPSA) is 66.9 Å². The van der Waals surface area contributed by atoms with Crippen LogP contribution in [0.3, 0.4) is 0 Å². The first-order chi connectivity index (χ1) is 13.0. The van der Waals surface area contributed by atoms with Crippen LogP contribution in [0.15, 0.2) is 24.3 Å². The Kier molecular flexibility index (Phi) is 5.16. The Bertz CT molecular complexity index is 806. The molecule has 0 spiro atoms. The monoisotopic (exact) mass is 392 g/mol. The predicted octanol–water partition coefficient (Wildman–Crippen LogP) is 2.25. The van der Waals surface area contributed by atoms with E-state index in [9.17, 15) is 13.2 Å². The number of fused-ring (bicyclic) bond motifs is 1. The average molecular weight is 393 g/mol. The second kappa shape index (κ2) is 7.43. The van der Waals surface area contributed by atoms with E-state index in [1.54, 1.807) is 11.4 Å². The quantitative estimate of drug-likeness (QED) is 0.788. The Morgan fingerprint density at radius 1 is 1.19 bits per heavy atom. The van der Waals surface area contributed by atoms with Crippen molar-refractivity contribution in [2.24, 2.45) is 11.8 Å². The third-order valence-electron chi connectivity index (χ3n) is 6.42. The van der Waals surface area contributed by atoms with Crippen LogP contribution in [-0.4, -0.2) is 55.5 Å². The van der Waals surface area contributed by atoms with Crippen LogP contribution < -0.4 is 4.74 Å². The fraction of sp³-hybridized carbons (Fsp3) is 0.650. The molecule has 0 unspecified atom stereocenters. The van der Waals surface area contributed by atoms with Gasteiger partial charge >= 0.3 is 0 Å². The molecular formula is C20H28N2O4S. The molecule has 3 aliphatic rings. The van der Waals surface area contributed by atoms with Crippen LogP contribution in [-0.2, 0) is 21.4 Å². The Balaban J connectivity index is 1.44. The van der Waals surface area contributed by atoms with E-state index in [4.69, 9.17) is 4.74 Å². The van der Waals surface area contributed by atoms with Gasteiger partial charge in [-0.2, -0.15) is 4.31 Å². The summed E-state index contributed by atoms with van der Waals surface area (Å²) < 4.78 is 33.1. The molecule has 1 amide bonds. The van der Waals surface area contributed by atoms with Crippen molar-refractivity contribution in [3.05, 3.63) is 29.8 Å². The lowest BCUT2D eigenvalue weighted by molar-refractivity contribution is -0.138. The van der Waals surface area contributed by atoms with Gasteiger partial charge in [-0.25, -0.2) is 8.42 Å². The lowest BCUT2D eigenvalue weighted by Crippen LogP contribution is -2.40. The van der Waals surface area contributed by atoms with Crippen LogP contribution in [0.4, 0.5) is 0 Å². The number of hydrogen-bond acceptors (Lipinski definition) is 4. The van der Waals surface area contributed by atoms with E-state index in [1.165, 1.54) is 0 Å². The molecule has 7 heteroatoms. The van der Waals surface area contributed by atoms with Gasteiger partial charge in [-0.3, -0.25) is 4.79 Å². The first-order valence-electron chi connectivity index (χ1n) is 9.89. The van der Waals surface area contributed by atoms with E-state index in [2.05, 4.69) is 0 Å². The number of amides is 1. The molecule has 0 bridgehead atoms. The zero-order chi connectivity index (χ0) is 19.0. The zero-order valence-corrected chi connectivity index (χ0v) is 16.7. The summed E-state index contributed by atoms with van der Waals surface area (Å²) >= 11 is 0. The highest BCUT2D eigenvalue weighted by Crippen LogP contribution is 2.36. The van der Waals surface area contributed by atoms with Gasteiger partial charge in [-0.15, -0.1) is 0 Å². The van der Waals surface area contributed by atoms with E-state index >= 15 is 0 Å². The first kappa shape index (κ1) is 18.7. The van der Waals surface area contributed by atoms with Gasteiger partial charge in [0.05, 0.1) is 12.4 Å². The molecule has 6 nitrogen and oxygen atoms in total. The summed E-state index contributed by atoms with van der Waals surface area (Å²) in [5.41, 5.74) is 0.941. The third kappa shape index (κ3) is 3.59. The number of methoxy groups -OCH3 is 1. The Morgan fingerprint density at radius 2 is 1.96 bits per heavy atom. The van der Waals surface area contributed by atoms with Crippen molar-refractivity contribution in [1.82, 2.24) is 9.21 Å². The lowest BCUT2D eigenvalue weighted by Gasteiger charge is -2.31. The van der Waals surface area contributed by atoms with Crippen molar-refractivity contribution in [3.8, 4) is 5.75 Å². The number of hydrogen-bond donors (Lipinski definition) is 0. The fourth-order valence-electron chi connectivity index (χ4n) is 4.56. The number of likely N-dealkylation sites (tertiary alicyclic amines) is 1. The molecule has 1 saturated carbocycles. The van der Waals surface area contributed by atoms with Gasteiger partial charge in [0.25, 0.3) is 0 Å². The molecule has 2 atom stereocenters. The number of carbonyl (C=O) groups excluding carboxylic acids is 1. The Morgan fingerprint density at radius 3 is 2.67 bits per heavy atom.